The second-order valence-corrected chi connectivity index (χ2v) is 11.9. The van der Waals surface area contributed by atoms with Gasteiger partial charge < -0.3 is 15.3 Å². The third kappa shape index (κ3) is 5.16. The first kappa shape index (κ1) is 24.0. The Balaban J connectivity index is 1.50. The van der Waals surface area contributed by atoms with Crippen molar-refractivity contribution in [1.29, 1.82) is 0 Å². The van der Waals surface area contributed by atoms with Crippen LogP contribution >= 0.6 is 0 Å². The molecule has 3 saturated carbocycles. The van der Waals surface area contributed by atoms with Crippen molar-refractivity contribution >= 4 is 0 Å². The van der Waals surface area contributed by atoms with Crippen molar-refractivity contribution in [3.8, 4) is 0 Å². The molecule has 32 heavy (non-hydrogen) atoms. The van der Waals surface area contributed by atoms with Gasteiger partial charge in [-0.3, -0.25) is 0 Å². The highest BCUT2D eigenvalue weighted by Gasteiger charge is 2.49. The van der Waals surface area contributed by atoms with E-state index < -0.39 is 17.8 Å². The molecule has 0 amide bonds. The number of fused-ring (bicyclic) bond motifs is 1. The molecule has 0 aromatic rings. The zero-order valence-electron chi connectivity index (χ0n) is 20.4. The van der Waals surface area contributed by atoms with Crippen LogP contribution in [-0.2, 0) is 0 Å². The van der Waals surface area contributed by atoms with E-state index in [0.29, 0.717) is 24.7 Å². The average molecular weight is 441 g/mol. The van der Waals surface area contributed by atoms with E-state index in [0.717, 1.165) is 42.7 Å². The van der Waals surface area contributed by atoms with E-state index in [9.17, 15) is 15.3 Å². The Kier molecular flexibility index (Phi) is 6.92. The van der Waals surface area contributed by atoms with E-state index in [1.54, 1.807) is 5.57 Å². The van der Waals surface area contributed by atoms with Crippen LogP contribution < -0.4 is 0 Å². The Labute approximate surface area is 195 Å². The molecule has 5 atom stereocenters. The van der Waals surface area contributed by atoms with Crippen LogP contribution in [0.2, 0.25) is 0 Å². The van der Waals surface area contributed by atoms with Crippen LogP contribution in [0.15, 0.2) is 47.1 Å². The van der Waals surface area contributed by atoms with Crippen molar-refractivity contribution in [3.05, 3.63) is 47.1 Å². The zero-order valence-corrected chi connectivity index (χ0v) is 20.4. The summed E-state index contributed by atoms with van der Waals surface area (Å²) in [6.07, 6.45) is 17.6. The molecule has 0 saturated heterocycles. The van der Waals surface area contributed by atoms with Crippen molar-refractivity contribution in [3.63, 3.8) is 0 Å². The molecule has 0 aromatic carbocycles. The van der Waals surface area contributed by atoms with E-state index in [2.05, 4.69) is 31.7 Å². The van der Waals surface area contributed by atoms with Gasteiger partial charge in [-0.1, -0.05) is 49.3 Å². The quantitative estimate of drug-likeness (QED) is 0.425. The third-order valence-electron chi connectivity index (χ3n) is 8.77. The fourth-order valence-corrected chi connectivity index (χ4v) is 6.79. The summed E-state index contributed by atoms with van der Waals surface area (Å²) in [4.78, 5) is 0. The van der Waals surface area contributed by atoms with E-state index >= 15 is 0 Å². The minimum atomic E-state index is -0.622. The highest BCUT2D eigenvalue weighted by molar-refractivity contribution is 5.40. The molecule has 0 aromatic heterocycles. The SMILES string of the molecule is C=C1/C(=C\C=C2/CCC[C@]3(C)C([C@@H](CCCC(C)(C)O)C4CC4)=CC[C@@H]23)C[C@@H](O)C[C@@H]1O. The second kappa shape index (κ2) is 9.24. The van der Waals surface area contributed by atoms with Gasteiger partial charge in [-0.2, -0.15) is 0 Å². The molecule has 4 aliphatic carbocycles. The Morgan fingerprint density at radius 1 is 1.25 bits per heavy atom. The summed E-state index contributed by atoms with van der Waals surface area (Å²) in [7, 11) is 0. The number of rotatable bonds is 7. The largest absolute Gasteiger partial charge is 0.393 e. The monoisotopic (exact) mass is 440 g/mol. The molecule has 3 heteroatoms. The molecule has 4 aliphatic rings. The Morgan fingerprint density at radius 2 is 2.00 bits per heavy atom. The van der Waals surface area contributed by atoms with Gasteiger partial charge in [-0.15, -0.1) is 0 Å². The van der Waals surface area contributed by atoms with Crippen LogP contribution in [0.1, 0.15) is 91.4 Å². The number of aliphatic hydroxyl groups is 3. The van der Waals surface area contributed by atoms with E-state index in [-0.39, 0.29) is 5.41 Å². The summed E-state index contributed by atoms with van der Waals surface area (Å²) in [5.74, 6) is 2.11. The van der Waals surface area contributed by atoms with Gasteiger partial charge in [0.1, 0.15) is 0 Å². The maximum atomic E-state index is 10.2. The number of allylic oxidation sites excluding steroid dienone is 5. The maximum absolute atomic E-state index is 10.2. The first-order valence-electron chi connectivity index (χ1n) is 13.0. The van der Waals surface area contributed by atoms with E-state index in [1.165, 1.54) is 37.7 Å². The van der Waals surface area contributed by atoms with Crippen LogP contribution in [0.3, 0.4) is 0 Å². The summed E-state index contributed by atoms with van der Waals surface area (Å²) in [5.41, 5.74) is 4.72. The molecule has 0 unspecified atom stereocenters. The van der Waals surface area contributed by atoms with Gasteiger partial charge in [-0.25, -0.2) is 0 Å². The standard InChI is InChI=1S/C29H44O3/c1-19-22(17-23(30)18-27(19)31)12-11-21-7-5-16-29(4)25(21)13-14-26(29)24(20-9-10-20)8-6-15-28(2,3)32/h11-12,14,20,23-25,27,30-32H,1,5-10,13,15-18H2,2-4H3/b21-11+,22-12-/t23-,24+,25+,27+,29+/m1/s1. The fraction of sp³-hybridized carbons (Fsp3) is 0.724. The van der Waals surface area contributed by atoms with Gasteiger partial charge in [0.15, 0.2) is 0 Å². The summed E-state index contributed by atoms with van der Waals surface area (Å²) in [6.45, 7) is 10.4. The first-order valence-corrected chi connectivity index (χ1v) is 13.0. The molecular formula is C29H44O3. The van der Waals surface area contributed by atoms with Crippen LogP contribution in [0.25, 0.3) is 0 Å². The minimum Gasteiger partial charge on any atom is -0.393 e. The fourth-order valence-electron chi connectivity index (χ4n) is 6.79. The van der Waals surface area contributed by atoms with Crippen LogP contribution in [0.5, 0.6) is 0 Å². The van der Waals surface area contributed by atoms with Crippen molar-refractivity contribution in [2.75, 3.05) is 0 Å². The average Bonchev–Trinajstić information content (AvgIpc) is 3.48. The van der Waals surface area contributed by atoms with Crippen LogP contribution in [0, 0.1) is 23.2 Å². The third-order valence-corrected chi connectivity index (χ3v) is 8.77. The second-order valence-electron chi connectivity index (χ2n) is 11.9. The normalized spacial score (nSPS) is 37.0. The molecule has 178 valence electrons. The Bertz CT molecular complexity index is 807. The Hall–Kier alpha value is -1.16. The smallest absolute Gasteiger partial charge is 0.0811 e. The predicted molar refractivity (Wildman–Crippen MR) is 131 cm³/mol. The van der Waals surface area contributed by atoms with Gasteiger partial charge in [0.05, 0.1) is 17.8 Å². The number of hydrogen-bond donors (Lipinski definition) is 3. The number of aliphatic hydroxyl groups excluding tert-OH is 2. The molecule has 0 heterocycles. The summed E-state index contributed by atoms with van der Waals surface area (Å²) < 4.78 is 0. The number of hydrogen-bond acceptors (Lipinski definition) is 3. The topological polar surface area (TPSA) is 60.7 Å². The van der Waals surface area contributed by atoms with Gasteiger partial charge >= 0.3 is 0 Å². The molecule has 3 N–H and O–H groups in total. The lowest BCUT2D eigenvalue weighted by molar-refractivity contribution is 0.0664. The van der Waals surface area contributed by atoms with Crippen molar-refractivity contribution in [2.45, 2.75) is 109 Å². The summed E-state index contributed by atoms with van der Waals surface area (Å²) in [5, 5.41) is 30.4. The van der Waals surface area contributed by atoms with Crippen molar-refractivity contribution < 1.29 is 15.3 Å². The summed E-state index contributed by atoms with van der Waals surface area (Å²) >= 11 is 0. The molecule has 0 bridgehead atoms. The highest BCUT2D eigenvalue weighted by atomic mass is 16.3. The molecule has 0 radical (unpaired) electrons. The minimum absolute atomic E-state index is 0.257. The van der Waals surface area contributed by atoms with E-state index in [4.69, 9.17) is 0 Å². The predicted octanol–water partition coefficient (Wildman–Crippen LogP) is 6.01. The molecule has 3 nitrogen and oxygen atoms in total. The van der Waals surface area contributed by atoms with Gasteiger partial charge in [0, 0.05) is 6.42 Å². The molecule has 0 spiro atoms. The van der Waals surface area contributed by atoms with Gasteiger partial charge in [-0.05, 0) is 106 Å². The summed E-state index contributed by atoms with van der Waals surface area (Å²) in [6, 6.07) is 0. The molecule has 3 fully saturated rings. The molecule has 0 aliphatic heterocycles. The highest BCUT2D eigenvalue weighted by Crippen LogP contribution is 2.60. The van der Waals surface area contributed by atoms with Crippen molar-refractivity contribution in [1.82, 2.24) is 0 Å². The van der Waals surface area contributed by atoms with Crippen LogP contribution in [0.4, 0.5) is 0 Å². The van der Waals surface area contributed by atoms with Gasteiger partial charge in [0.25, 0.3) is 0 Å². The van der Waals surface area contributed by atoms with Gasteiger partial charge in [0.2, 0.25) is 0 Å². The zero-order chi connectivity index (χ0) is 23.1. The lowest BCUT2D eigenvalue weighted by atomic mass is 9.61. The first-order chi connectivity index (χ1) is 15.1. The molecular weight excluding hydrogens is 396 g/mol. The lowest BCUT2D eigenvalue weighted by Crippen LogP contribution is -2.33. The van der Waals surface area contributed by atoms with Crippen molar-refractivity contribution in [2.24, 2.45) is 23.2 Å². The maximum Gasteiger partial charge on any atom is 0.0811 e. The molecule has 4 rings (SSSR count). The van der Waals surface area contributed by atoms with Crippen LogP contribution in [-0.4, -0.2) is 33.1 Å². The Morgan fingerprint density at radius 3 is 2.69 bits per heavy atom. The van der Waals surface area contributed by atoms with E-state index in [1.807, 2.05) is 13.8 Å². The lowest BCUT2D eigenvalue weighted by Gasteiger charge is -2.43.